The van der Waals surface area contributed by atoms with E-state index in [9.17, 15) is 4.79 Å². The summed E-state index contributed by atoms with van der Waals surface area (Å²) in [5.74, 6) is -0.269. The Morgan fingerprint density at radius 3 is 2.29 bits per heavy atom. The molecular formula is C4H7O2Y-. The topological polar surface area (TPSA) is 26.3 Å². The fraction of sp³-hybridized carbons (Fsp3) is 0.500. The van der Waals surface area contributed by atoms with E-state index in [1.54, 1.807) is 6.92 Å². The molecule has 7 heavy (non-hydrogen) atoms. The van der Waals surface area contributed by atoms with Gasteiger partial charge in [-0.25, -0.2) is 0 Å². The number of carbonyl (C=O) groups is 1. The first kappa shape index (κ1) is 10.5. The van der Waals surface area contributed by atoms with Crippen LogP contribution in [0.5, 0.6) is 0 Å². The molecule has 0 aliphatic heterocycles. The van der Waals surface area contributed by atoms with Crippen LogP contribution in [0, 0.1) is 7.11 Å². The average molecular weight is 176 g/mol. The van der Waals surface area contributed by atoms with Gasteiger partial charge in [0.2, 0.25) is 0 Å². The van der Waals surface area contributed by atoms with Crippen LogP contribution in [0.15, 0.2) is 0 Å². The number of hydrogen-bond donors (Lipinski definition) is 0. The van der Waals surface area contributed by atoms with Crippen LogP contribution in [-0.4, -0.2) is 5.97 Å². The van der Waals surface area contributed by atoms with Crippen molar-refractivity contribution in [1.82, 2.24) is 0 Å². The fourth-order valence-electron chi connectivity index (χ4n) is 0.102. The Hall–Kier alpha value is 0.574. The van der Waals surface area contributed by atoms with Gasteiger partial charge < -0.3 is 4.74 Å². The zero-order chi connectivity index (χ0) is 4.99. The van der Waals surface area contributed by atoms with Crippen molar-refractivity contribution in [3.05, 3.63) is 7.11 Å². The van der Waals surface area contributed by atoms with Gasteiger partial charge in [0.25, 0.3) is 5.97 Å². The van der Waals surface area contributed by atoms with Crippen LogP contribution in [-0.2, 0) is 42.2 Å². The molecule has 0 aromatic heterocycles. The first-order chi connectivity index (χ1) is 2.81. The van der Waals surface area contributed by atoms with Crippen LogP contribution in [0.3, 0.4) is 0 Å². The maximum absolute atomic E-state index is 9.90. The van der Waals surface area contributed by atoms with Crippen LogP contribution >= 0.6 is 0 Å². The third kappa shape index (κ3) is 6.57. The molecule has 2 nitrogen and oxygen atoms in total. The predicted molar refractivity (Wildman–Crippen MR) is 21.7 cm³/mol. The normalized spacial score (nSPS) is 6.57. The minimum Gasteiger partial charge on any atom is -0.640 e. The van der Waals surface area contributed by atoms with Crippen LogP contribution in [0.2, 0.25) is 0 Å². The number of esters is 1. The second kappa shape index (κ2) is 6.57. The van der Waals surface area contributed by atoms with E-state index in [1.807, 2.05) is 0 Å². The van der Waals surface area contributed by atoms with Crippen molar-refractivity contribution in [3.8, 4) is 0 Å². The van der Waals surface area contributed by atoms with E-state index in [4.69, 9.17) is 0 Å². The van der Waals surface area contributed by atoms with Crippen molar-refractivity contribution in [2.75, 3.05) is 0 Å². The van der Waals surface area contributed by atoms with Crippen molar-refractivity contribution >= 4 is 5.97 Å². The minimum absolute atomic E-state index is 0. The average Bonchev–Trinajstić information content (AvgIpc) is 1.65. The van der Waals surface area contributed by atoms with Gasteiger partial charge in [-0.1, -0.05) is 6.92 Å². The molecule has 0 saturated carbocycles. The molecule has 0 heterocycles. The van der Waals surface area contributed by atoms with Crippen molar-refractivity contribution in [1.29, 1.82) is 0 Å². The molecule has 39 valence electrons. The maximum atomic E-state index is 9.90. The number of ether oxygens (including phenoxy) is 1. The van der Waals surface area contributed by atoms with Crippen molar-refractivity contribution in [2.45, 2.75) is 13.3 Å². The summed E-state index contributed by atoms with van der Waals surface area (Å²) in [5, 5.41) is 0. The molecule has 1 radical (unpaired) electrons. The quantitative estimate of drug-likeness (QED) is 0.434. The van der Waals surface area contributed by atoms with E-state index < -0.39 is 0 Å². The second-order valence-electron chi connectivity index (χ2n) is 0.870. The second-order valence-corrected chi connectivity index (χ2v) is 0.870. The smallest absolute Gasteiger partial charge is 0.273 e. The fourth-order valence-corrected chi connectivity index (χ4v) is 0.102. The third-order valence-electron chi connectivity index (χ3n) is 0.450. The third-order valence-corrected chi connectivity index (χ3v) is 0.450. The first-order valence-electron chi connectivity index (χ1n) is 1.76. The van der Waals surface area contributed by atoms with E-state index in [-0.39, 0.29) is 38.7 Å². The molecule has 0 spiro atoms. The zero-order valence-corrected chi connectivity index (χ0v) is 7.15. The first-order valence-corrected chi connectivity index (χ1v) is 1.76. The van der Waals surface area contributed by atoms with Gasteiger partial charge in [0.05, 0.1) is 0 Å². The van der Waals surface area contributed by atoms with E-state index in [2.05, 4.69) is 11.8 Å². The summed E-state index contributed by atoms with van der Waals surface area (Å²) in [7, 11) is 2.91. The standard InChI is InChI=1S/C4H7O2.Y/c1-3-4(5)6-2;/h2-3H2,1H3;/q-1;. The van der Waals surface area contributed by atoms with Gasteiger partial charge >= 0.3 is 0 Å². The number of carbonyl (C=O) groups excluding carboxylic acids is 1. The van der Waals surface area contributed by atoms with Crippen LogP contribution < -0.4 is 0 Å². The monoisotopic (exact) mass is 176 g/mol. The largest absolute Gasteiger partial charge is 0.640 e. The van der Waals surface area contributed by atoms with Gasteiger partial charge in [-0.2, -0.15) is 7.11 Å². The molecule has 0 aliphatic carbocycles. The number of rotatable bonds is 1. The summed E-state index contributed by atoms with van der Waals surface area (Å²) in [4.78, 5) is 9.90. The zero-order valence-electron chi connectivity index (χ0n) is 4.31. The molecule has 0 saturated heterocycles. The Bertz CT molecular complexity index is 47.7. The molecule has 0 unspecified atom stereocenters. The van der Waals surface area contributed by atoms with Crippen LogP contribution in [0.4, 0.5) is 0 Å². The van der Waals surface area contributed by atoms with E-state index >= 15 is 0 Å². The molecule has 0 N–H and O–H groups in total. The molecule has 0 aliphatic rings. The van der Waals surface area contributed by atoms with Gasteiger partial charge in [0, 0.05) is 39.1 Å². The van der Waals surface area contributed by atoms with Gasteiger partial charge in [0.1, 0.15) is 0 Å². The Morgan fingerprint density at radius 2 is 2.29 bits per heavy atom. The summed E-state index contributed by atoms with van der Waals surface area (Å²) in [6.45, 7) is 1.72. The number of hydrogen-bond acceptors (Lipinski definition) is 2. The van der Waals surface area contributed by atoms with Crippen LogP contribution in [0.1, 0.15) is 13.3 Å². The van der Waals surface area contributed by atoms with Crippen molar-refractivity contribution < 1.29 is 42.2 Å². The molecular weight excluding hydrogens is 169 g/mol. The maximum Gasteiger partial charge on any atom is 0.273 e. The van der Waals surface area contributed by atoms with Gasteiger partial charge in [-0.05, 0) is 0 Å². The van der Waals surface area contributed by atoms with E-state index in [0.717, 1.165) is 0 Å². The van der Waals surface area contributed by atoms with Gasteiger partial charge in [-0.3, -0.25) is 4.79 Å². The summed E-state index contributed by atoms with van der Waals surface area (Å²) >= 11 is 0. The summed E-state index contributed by atoms with van der Waals surface area (Å²) < 4.78 is 4.01. The Morgan fingerprint density at radius 1 is 1.86 bits per heavy atom. The van der Waals surface area contributed by atoms with Crippen molar-refractivity contribution in [3.63, 3.8) is 0 Å². The predicted octanol–water partition coefficient (Wildman–Crippen LogP) is 0.729. The summed E-state index contributed by atoms with van der Waals surface area (Å²) in [6.07, 6.45) is 0.406. The summed E-state index contributed by atoms with van der Waals surface area (Å²) in [5.41, 5.74) is 0. The SMILES string of the molecule is [CH2-]OC(=O)CC.[Y]. The molecule has 0 fully saturated rings. The Kier molecular flexibility index (Phi) is 9.89. The molecule has 0 aromatic carbocycles. The Labute approximate surface area is 68.5 Å². The summed E-state index contributed by atoms with van der Waals surface area (Å²) in [6, 6.07) is 0. The molecule has 0 rings (SSSR count). The van der Waals surface area contributed by atoms with Gasteiger partial charge in [0.15, 0.2) is 0 Å². The van der Waals surface area contributed by atoms with E-state index in [1.165, 1.54) is 0 Å². The molecule has 0 atom stereocenters. The Balaban J connectivity index is 0. The molecule has 0 bridgehead atoms. The molecule has 0 aromatic rings. The molecule has 0 amide bonds. The van der Waals surface area contributed by atoms with Gasteiger partial charge in [-0.15, -0.1) is 0 Å². The molecule has 3 heteroatoms. The van der Waals surface area contributed by atoms with Crippen LogP contribution in [0.25, 0.3) is 0 Å². The van der Waals surface area contributed by atoms with Crippen molar-refractivity contribution in [2.24, 2.45) is 0 Å². The minimum atomic E-state index is -0.269. The van der Waals surface area contributed by atoms with E-state index in [0.29, 0.717) is 6.42 Å².